The van der Waals surface area contributed by atoms with E-state index in [0.29, 0.717) is 41.0 Å². The average Bonchev–Trinajstić information content (AvgIpc) is 3.78. The van der Waals surface area contributed by atoms with Crippen LogP contribution in [0.3, 0.4) is 0 Å². The van der Waals surface area contributed by atoms with Crippen molar-refractivity contribution < 1.29 is 41.0 Å². The maximum absolute atomic E-state index is 14.5. The highest BCUT2D eigenvalue weighted by Crippen LogP contribution is 2.36. The van der Waals surface area contributed by atoms with Crippen LogP contribution in [0.4, 0.5) is 13.9 Å². The molecule has 1 atom stereocenters. The number of benzene rings is 3. The summed E-state index contributed by atoms with van der Waals surface area (Å²) in [5, 5.41) is 2.74. The van der Waals surface area contributed by atoms with Crippen LogP contribution in [0.15, 0.2) is 71.6 Å². The van der Waals surface area contributed by atoms with Gasteiger partial charge in [-0.05, 0) is 68.3 Å². The number of rotatable bonds is 10. The maximum atomic E-state index is 14.5. The number of aryl methyl sites for hydroxylation is 1. The minimum absolute atomic E-state index is 0.109. The second-order valence-corrected chi connectivity index (χ2v) is 12.6. The second-order valence-electron chi connectivity index (χ2n) is 9.39. The van der Waals surface area contributed by atoms with Gasteiger partial charge in [0.15, 0.2) is 26.5 Å². The quantitative estimate of drug-likeness (QED) is 0.216. The van der Waals surface area contributed by atoms with Gasteiger partial charge < -0.3 is 14.2 Å². The molecule has 0 bridgehead atoms. The van der Waals surface area contributed by atoms with Crippen LogP contribution in [0, 0.1) is 18.6 Å². The molecule has 0 spiro atoms. The first kappa shape index (κ1) is 29.1. The molecule has 1 aromatic heterocycles. The Morgan fingerprint density at radius 2 is 1.71 bits per heavy atom. The minimum Gasteiger partial charge on any atom is -0.473 e. The fourth-order valence-corrected chi connectivity index (χ4v) is 6.46. The molecule has 0 radical (unpaired) electrons. The topological polar surface area (TPSA) is 121 Å². The number of thiazole rings is 1. The van der Waals surface area contributed by atoms with Crippen molar-refractivity contribution in [3.8, 4) is 16.6 Å². The van der Waals surface area contributed by atoms with E-state index in [4.69, 9.17) is 9.47 Å². The summed E-state index contributed by atoms with van der Waals surface area (Å²) in [6, 6.07) is 14.5. The fraction of sp³-hybridized carbons (Fsp3) is 0.207. The molecule has 1 N–H and O–H groups in total. The Bertz CT molecular complexity index is 1740. The molecule has 3 aromatic carbocycles. The molecule has 218 valence electrons. The van der Waals surface area contributed by atoms with Crippen LogP contribution in [0.5, 0.6) is 16.6 Å². The molecule has 1 saturated carbocycles. The van der Waals surface area contributed by atoms with Crippen molar-refractivity contribution in [2.24, 2.45) is 0 Å². The van der Waals surface area contributed by atoms with E-state index in [2.05, 4.69) is 15.0 Å². The molecule has 1 aliphatic rings. The molecular formula is C29H24F2N2O7S2. The van der Waals surface area contributed by atoms with Gasteiger partial charge in [0, 0.05) is 11.6 Å². The average molecular weight is 615 g/mol. The number of nitrogens with one attached hydrogen (secondary N) is 1. The predicted octanol–water partition coefficient (Wildman–Crippen LogP) is 6.00. The van der Waals surface area contributed by atoms with Gasteiger partial charge >= 0.3 is 5.97 Å². The third kappa shape index (κ3) is 6.42. The lowest BCUT2D eigenvalue weighted by atomic mass is 10.1. The Morgan fingerprint density at radius 3 is 2.33 bits per heavy atom. The van der Waals surface area contributed by atoms with Crippen molar-refractivity contribution in [2.45, 2.75) is 36.0 Å². The van der Waals surface area contributed by atoms with E-state index in [9.17, 15) is 26.8 Å². The highest BCUT2D eigenvalue weighted by molar-refractivity contribution is 7.92. The molecule has 13 heteroatoms. The summed E-state index contributed by atoms with van der Waals surface area (Å²) >= 11 is 1.02. The Morgan fingerprint density at radius 1 is 1.02 bits per heavy atom. The van der Waals surface area contributed by atoms with Gasteiger partial charge in [0.05, 0.1) is 28.5 Å². The summed E-state index contributed by atoms with van der Waals surface area (Å²) in [7, 11) is -2.19. The molecule has 42 heavy (non-hydrogen) atoms. The summed E-state index contributed by atoms with van der Waals surface area (Å²) in [6.07, 6.45) is -0.248. The second kappa shape index (κ2) is 11.9. The molecular weight excluding hydrogens is 590 g/mol. The Labute approximate surface area is 244 Å². The summed E-state index contributed by atoms with van der Waals surface area (Å²) in [5.41, 5.74) is 1.05. The largest absolute Gasteiger partial charge is 0.473 e. The standard InChI is InChI=1S/C29H24F2N2O7S2/c1-16-28(39-20-8-3-18(4-9-20)27(35)38-2)41-29(32-16)33-26(34)25(40-24-14-7-19(30)15-23(24)31)17-5-10-21(11-6-17)42(36,37)22-12-13-22/h3-11,14-15,22,25H,12-13H2,1-2H3,(H,32,33,34). The number of carbonyl (C=O) groups is 2. The Kier molecular flexibility index (Phi) is 8.23. The van der Waals surface area contributed by atoms with Gasteiger partial charge in [0.1, 0.15) is 11.6 Å². The number of hydrogen-bond donors (Lipinski definition) is 1. The van der Waals surface area contributed by atoms with Gasteiger partial charge in [0.2, 0.25) is 11.2 Å². The number of amides is 1. The molecule has 4 aromatic rings. The van der Waals surface area contributed by atoms with E-state index >= 15 is 0 Å². The first-order valence-electron chi connectivity index (χ1n) is 12.6. The number of aromatic nitrogens is 1. The van der Waals surface area contributed by atoms with Gasteiger partial charge in [-0.3, -0.25) is 10.1 Å². The van der Waals surface area contributed by atoms with Crippen molar-refractivity contribution in [3.05, 3.63) is 95.2 Å². The highest BCUT2D eigenvalue weighted by Gasteiger charge is 2.37. The lowest BCUT2D eigenvalue weighted by molar-refractivity contribution is -0.123. The number of ether oxygens (including phenoxy) is 3. The Balaban J connectivity index is 1.37. The molecule has 9 nitrogen and oxygen atoms in total. The molecule has 0 aliphatic heterocycles. The number of anilines is 1. The number of carbonyl (C=O) groups excluding carboxylic acids is 2. The highest BCUT2D eigenvalue weighted by atomic mass is 32.2. The molecule has 0 saturated heterocycles. The molecule has 1 aliphatic carbocycles. The molecule has 1 heterocycles. The van der Waals surface area contributed by atoms with Crippen molar-refractivity contribution in [3.63, 3.8) is 0 Å². The normalized spacial score (nSPS) is 13.7. The van der Waals surface area contributed by atoms with Crippen molar-refractivity contribution in [1.29, 1.82) is 0 Å². The van der Waals surface area contributed by atoms with Crippen LogP contribution < -0.4 is 14.8 Å². The number of esters is 1. The van der Waals surface area contributed by atoms with Crippen LogP contribution in [0.25, 0.3) is 0 Å². The third-order valence-corrected chi connectivity index (χ3v) is 9.55. The first-order valence-corrected chi connectivity index (χ1v) is 15.0. The Hall–Kier alpha value is -4.36. The van der Waals surface area contributed by atoms with E-state index < -0.39 is 44.7 Å². The van der Waals surface area contributed by atoms with Crippen LogP contribution in [0.1, 0.15) is 40.6 Å². The summed E-state index contributed by atoms with van der Waals surface area (Å²) < 4.78 is 69.4. The van der Waals surface area contributed by atoms with Gasteiger partial charge in [-0.2, -0.15) is 0 Å². The number of nitrogens with zero attached hydrogens (tertiary/aromatic N) is 1. The van der Waals surface area contributed by atoms with E-state index in [-0.39, 0.29) is 21.3 Å². The zero-order chi connectivity index (χ0) is 30.0. The minimum atomic E-state index is -3.47. The number of sulfone groups is 1. The predicted molar refractivity (Wildman–Crippen MR) is 150 cm³/mol. The van der Waals surface area contributed by atoms with Gasteiger partial charge in [-0.25, -0.2) is 27.0 Å². The number of hydrogen-bond acceptors (Lipinski definition) is 9. The van der Waals surface area contributed by atoms with Crippen molar-refractivity contribution in [1.82, 2.24) is 4.98 Å². The number of methoxy groups -OCH3 is 1. The molecule has 1 unspecified atom stereocenters. The zero-order valence-electron chi connectivity index (χ0n) is 22.3. The summed E-state index contributed by atoms with van der Waals surface area (Å²) in [5.74, 6) is -3.01. The number of halogens is 2. The van der Waals surface area contributed by atoms with Gasteiger partial charge in [-0.1, -0.05) is 23.5 Å². The summed E-state index contributed by atoms with van der Waals surface area (Å²) in [4.78, 5) is 29.5. The van der Waals surface area contributed by atoms with Gasteiger partial charge in [0.25, 0.3) is 5.91 Å². The van der Waals surface area contributed by atoms with E-state index in [1.165, 1.54) is 43.5 Å². The van der Waals surface area contributed by atoms with E-state index in [1.54, 1.807) is 19.1 Å². The molecule has 1 amide bonds. The van der Waals surface area contributed by atoms with Gasteiger partial charge in [-0.15, -0.1) is 0 Å². The van der Waals surface area contributed by atoms with Crippen molar-refractivity contribution >= 4 is 38.2 Å². The zero-order valence-corrected chi connectivity index (χ0v) is 23.9. The van der Waals surface area contributed by atoms with Crippen LogP contribution in [-0.2, 0) is 19.4 Å². The lowest BCUT2D eigenvalue weighted by Gasteiger charge is -2.19. The van der Waals surface area contributed by atoms with E-state index in [0.717, 1.165) is 23.5 Å². The maximum Gasteiger partial charge on any atom is 0.337 e. The molecule has 5 rings (SSSR count). The van der Waals surface area contributed by atoms with E-state index in [1.807, 2.05) is 0 Å². The fourth-order valence-electron chi connectivity index (χ4n) is 3.96. The first-order chi connectivity index (χ1) is 20.0. The van der Waals surface area contributed by atoms with Crippen LogP contribution >= 0.6 is 11.3 Å². The smallest absolute Gasteiger partial charge is 0.337 e. The van der Waals surface area contributed by atoms with Crippen molar-refractivity contribution in [2.75, 3.05) is 12.4 Å². The lowest BCUT2D eigenvalue weighted by Crippen LogP contribution is -2.26. The molecule has 1 fully saturated rings. The third-order valence-electron chi connectivity index (χ3n) is 6.32. The van der Waals surface area contributed by atoms with Crippen LogP contribution in [0.2, 0.25) is 0 Å². The monoisotopic (exact) mass is 614 g/mol. The SMILES string of the molecule is COC(=O)c1ccc(Oc2sc(NC(=O)C(Oc3ccc(F)cc3F)c3ccc(S(=O)(=O)C4CC4)cc3)nc2C)cc1. The van der Waals surface area contributed by atoms with Crippen LogP contribution in [-0.4, -0.2) is 37.6 Å². The summed E-state index contributed by atoms with van der Waals surface area (Å²) in [6.45, 7) is 1.67.